The van der Waals surface area contributed by atoms with Gasteiger partial charge in [0.05, 0.1) is 12.6 Å². The smallest absolute Gasteiger partial charge is 0.328 e. The first-order valence-corrected chi connectivity index (χ1v) is 10.0. The molecule has 0 radical (unpaired) electrons. The second kappa shape index (κ2) is 8.07. The minimum absolute atomic E-state index is 0.365. The first kappa shape index (κ1) is 19.8. The predicted molar refractivity (Wildman–Crippen MR) is 120 cm³/mol. The molecule has 0 bridgehead atoms. The van der Waals surface area contributed by atoms with Crippen molar-refractivity contribution >= 4 is 17.7 Å². The van der Waals surface area contributed by atoms with E-state index in [9.17, 15) is 4.79 Å². The zero-order chi connectivity index (χ0) is 21.1. The average molecular weight is 399 g/mol. The fourth-order valence-electron chi connectivity index (χ4n) is 4.37. The molecule has 1 aliphatic heterocycles. The van der Waals surface area contributed by atoms with Gasteiger partial charge in [-0.25, -0.2) is 4.79 Å². The van der Waals surface area contributed by atoms with Crippen molar-refractivity contribution in [3.05, 3.63) is 101 Å². The van der Waals surface area contributed by atoms with E-state index >= 15 is 0 Å². The molecule has 0 fully saturated rings. The van der Waals surface area contributed by atoms with E-state index in [2.05, 4.69) is 60.4 Å². The van der Waals surface area contributed by atoms with Gasteiger partial charge in [0.1, 0.15) is 5.75 Å². The summed E-state index contributed by atoms with van der Waals surface area (Å²) in [6.07, 6.45) is 3.72. The maximum atomic E-state index is 10.8. The van der Waals surface area contributed by atoms with Crippen LogP contribution in [0.15, 0.2) is 78.9 Å². The Bertz CT molecular complexity index is 1070. The number of carboxylic acids is 1. The van der Waals surface area contributed by atoms with Gasteiger partial charge in [0.25, 0.3) is 0 Å². The van der Waals surface area contributed by atoms with Crippen molar-refractivity contribution in [2.24, 2.45) is 0 Å². The minimum atomic E-state index is -0.948. The molecule has 0 spiro atoms. The van der Waals surface area contributed by atoms with Gasteiger partial charge in [-0.15, -0.1) is 0 Å². The van der Waals surface area contributed by atoms with Gasteiger partial charge >= 0.3 is 5.97 Å². The monoisotopic (exact) mass is 399 g/mol. The number of carbonyl (C=O) groups is 1. The lowest BCUT2D eigenvalue weighted by Gasteiger charge is -2.48. The number of ether oxygens (including phenoxy) is 1. The molecule has 1 atom stereocenters. The van der Waals surface area contributed by atoms with Crippen LogP contribution in [0, 0.1) is 0 Å². The van der Waals surface area contributed by atoms with Gasteiger partial charge in [-0.05, 0) is 65.9 Å². The van der Waals surface area contributed by atoms with E-state index in [-0.39, 0.29) is 5.54 Å². The standard InChI is InChI=1S/C26H25NO3/c1-26(21-11-8-19(9-12-21)10-15-25(28)29)24-14-13-23(30-2)18-20(24)16-17-27(26)22-6-4-3-5-7-22/h3-15,18H,16-17H2,1-2H3,(H,28,29). The zero-order valence-electron chi connectivity index (χ0n) is 17.2. The summed E-state index contributed by atoms with van der Waals surface area (Å²) in [4.78, 5) is 13.3. The number of carboxylic acid groups (broad SMARTS) is 1. The van der Waals surface area contributed by atoms with Crippen molar-refractivity contribution < 1.29 is 14.6 Å². The topological polar surface area (TPSA) is 49.8 Å². The Morgan fingerprint density at radius 1 is 1.07 bits per heavy atom. The minimum Gasteiger partial charge on any atom is -0.497 e. The Kier molecular flexibility index (Phi) is 5.32. The zero-order valence-corrected chi connectivity index (χ0v) is 17.2. The van der Waals surface area contributed by atoms with Crippen LogP contribution in [0.25, 0.3) is 6.08 Å². The van der Waals surface area contributed by atoms with Crippen LogP contribution in [-0.4, -0.2) is 24.7 Å². The molecule has 0 saturated heterocycles. The van der Waals surface area contributed by atoms with Crippen LogP contribution >= 0.6 is 0 Å². The van der Waals surface area contributed by atoms with Crippen LogP contribution < -0.4 is 9.64 Å². The number of benzene rings is 3. The number of nitrogens with zero attached hydrogens (tertiary/aromatic N) is 1. The summed E-state index contributed by atoms with van der Waals surface area (Å²) >= 11 is 0. The molecular formula is C26H25NO3. The summed E-state index contributed by atoms with van der Waals surface area (Å²) in [6.45, 7) is 3.15. The Morgan fingerprint density at radius 3 is 2.47 bits per heavy atom. The molecule has 4 nitrogen and oxygen atoms in total. The number of anilines is 1. The summed E-state index contributed by atoms with van der Waals surface area (Å²) in [5, 5.41) is 8.88. The normalized spacial score (nSPS) is 18.3. The molecule has 4 heteroatoms. The van der Waals surface area contributed by atoms with E-state index in [4.69, 9.17) is 9.84 Å². The highest BCUT2D eigenvalue weighted by Gasteiger charge is 2.40. The van der Waals surface area contributed by atoms with Gasteiger partial charge in [0.2, 0.25) is 0 Å². The molecular weight excluding hydrogens is 374 g/mol. The highest BCUT2D eigenvalue weighted by atomic mass is 16.5. The molecule has 30 heavy (non-hydrogen) atoms. The number of aliphatic carboxylic acids is 1. The molecule has 0 amide bonds. The van der Waals surface area contributed by atoms with Crippen molar-refractivity contribution in [3.8, 4) is 5.75 Å². The number of fused-ring (bicyclic) bond motifs is 1. The second-order valence-corrected chi connectivity index (χ2v) is 7.63. The molecule has 1 heterocycles. The van der Waals surface area contributed by atoms with Crippen LogP contribution in [0.5, 0.6) is 5.75 Å². The average Bonchev–Trinajstić information content (AvgIpc) is 2.78. The van der Waals surface area contributed by atoms with Crippen molar-refractivity contribution in [2.45, 2.75) is 18.9 Å². The first-order valence-electron chi connectivity index (χ1n) is 10.0. The fourth-order valence-corrected chi connectivity index (χ4v) is 4.37. The maximum Gasteiger partial charge on any atom is 0.328 e. The molecule has 4 rings (SSSR count). The molecule has 3 aromatic rings. The van der Waals surface area contributed by atoms with Crippen molar-refractivity contribution in [1.82, 2.24) is 0 Å². The van der Waals surface area contributed by atoms with Gasteiger partial charge in [0, 0.05) is 18.3 Å². The number of rotatable bonds is 5. The molecule has 1 unspecified atom stereocenters. The number of methoxy groups -OCH3 is 1. The van der Waals surface area contributed by atoms with Gasteiger partial charge in [-0.3, -0.25) is 0 Å². The third-order valence-electron chi connectivity index (χ3n) is 5.94. The summed E-state index contributed by atoms with van der Waals surface area (Å²) < 4.78 is 5.46. The lowest BCUT2D eigenvalue weighted by Crippen LogP contribution is -2.49. The van der Waals surface area contributed by atoms with Crippen LogP contribution in [0.1, 0.15) is 29.2 Å². The quantitative estimate of drug-likeness (QED) is 0.605. The van der Waals surface area contributed by atoms with Gasteiger partial charge in [-0.2, -0.15) is 0 Å². The second-order valence-electron chi connectivity index (χ2n) is 7.63. The summed E-state index contributed by atoms with van der Waals surface area (Å²) in [5.74, 6) is -0.0742. The van der Waals surface area contributed by atoms with Crippen molar-refractivity contribution in [2.75, 3.05) is 18.6 Å². The molecule has 1 N–H and O–H groups in total. The molecule has 0 aliphatic carbocycles. The van der Waals surface area contributed by atoms with Crippen molar-refractivity contribution in [3.63, 3.8) is 0 Å². The Balaban J connectivity index is 1.84. The van der Waals surface area contributed by atoms with Gasteiger partial charge in [-0.1, -0.05) is 48.5 Å². The number of hydrogen-bond donors (Lipinski definition) is 1. The van der Waals surface area contributed by atoms with Crippen LogP contribution in [0.2, 0.25) is 0 Å². The number of hydrogen-bond acceptors (Lipinski definition) is 3. The van der Waals surface area contributed by atoms with E-state index < -0.39 is 5.97 Å². The van der Waals surface area contributed by atoms with E-state index in [1.807, 2.05) is 24.3 Å². The van der Waals surface area contributed by atoms with Crippen LogP contribution in [-0.2, 0) is 16.8 Å². The van der Waals surface area contributed by atoms with Gasteiger partial charge < -0.3 is 14.7 Å². The summed E-state index contributed by atoms with van der Waals surface area (Å²) in [6, 6.07) is 24.9. The predicted octanol–water partition coefficient (Wildman–Crippen LogP) is 5.12. The number of para-hydroxylation sites is 1. The molecule has 0 saturated carbocycles. The third-order valence-corrected chi connectivity index (χ3v) is 5.94. The molecule has 1 aliphatic rings. The lowest BCUT2D eigenvalue weighted by atomic mass is 9.76. The first-order chi connectivity index (χ1) is 14.5. The Hall–Kier alpha value is -3.53. The largest absolute Gasteiger partial charge is 0.497 e. The maximum absolute atomic E-state index is 10.8. The summed E-state index contributed by atoms with van der Waals surface area (Å²) in [5.41, 5.74) is 5.38. The lowest BCUT2D eigenvalue weighted by molar-refractivity contribution is -0.131. The van der Waals surface area contributed by atoms with E-state index in [1.165, 1.54) is 16.8 Å². The highest BCUT2D eigenvalue weighted by molar-refractivity contribution is 5.85. The van der Waals surface area contributed by atoms with E-state index in [0.717, 1.165) is 35.9 Å². The summed E-state index contributed by atoms with van der Waals surface area (Å²) in [7, 11) is 1.70. The third kappa shape index (κ3) is 3.57. The molecule has 152 valence electrons. The van der Waals surface area contributed by atoms with Crippen LogP contribution in [0.3, 0.4) is 0 Å². The Morgan fingerprint density at radius 2 is 1.80 bits per heavy atom. The Labute approximate surface area is 177 Å². The highest BCUT2D eigenvalue weighted by Crippen LogP contribution is 2.44. The fraction of sp³-hybridized carbons (Fsp3) is 0.192. The van der Waals surface area contributed by atoms with Crippen molar-refractivity contribution in [1.29, 1.82) is 0 Å². The van der Waals surface area contributed by atoms with E-state index in [0.29, 0.717) is 0 Å². The molecule has 0 aromatic heterocycles. The van der Waals surface area contributed by atoms with E-state index in [1.54, 1.807) is 13.2 Å². The molecule has 3 aromatic carbocycles. The SMILES string of the molecule is COc1ccc2c(c1)CCN(c1ccccc1)C2(C)c1ccc(C=CC(=O)O)cc1. The van der Waals surface area contributed by atoms with Crippen LogP contribution in [0.4, 0.5) is 5.69 Å². The van der Waals surface area contributed by atoms with Gasteiger partial charge in [0.15, 0.2) is 0 Å².